The van der Waals surface area contributed by atoms with Gasteiger partial charge in [-0.2, -0.15) is 0 Å². The molecule has 1 aliphatic heterocycles. The molecule has 1 aliphatic rings. The lowest BCUT2D eigenvalue weighted by atomic mass is 10.2. The molecule has 14 heavy (non-hydrogen) atoms. The third-order valence-electron chi connectivity index (χ3n) is 2.15. The molecule has 0 bridgehead atoms. The van der Waals surface area contributed by atoms with Gasteiger partial charge in [-0.15, -0.1) is 0 Å². The van der Waals surface area contributed by atoms with Crippen molar-refractivity contribution >= 4 is 17.8 Å². The molecule has 5 nitrogen and oxygen atoms in total. The maximum absolute atomic E-state index is 11.4. The van der Waals surface area contributed by atoms with Gasteiger partial charge in [0.1, 0.15) is 6.54 Å². The quantitative estimate of drug-likeness (QED) is 0.467. The van der Waals surface area contributed by atoms with E-state index in [0.717, 1.165) is 4.90 Å². The van der Waals surface area contributed by atoms with Gasteiger partial charge in [-0.05, 0) is 12.8 Å². The third-order valence-corrected chi connectivity index (χ3v) is 2.15. The van der Waals surface area contributed by atoms with Crippen molar-refractivity contribution in [2.24, 2.45) is 0 Å². The van der Waals surface area contributed by atoms with Crippen molar-refractivity contribution in [2.45, 2.75) is 25.7 Å². The number of nitrogens with zero attached hydrogens (tertiary/aromatic N) is 1. The van der Waals surface area contributed by atoms with Crippen LogP contribution in [0.2, 0.25) is 0 Å². The summed E-state index contributed by atoms with van der Waals surface area (Å²) in [5.41, 5.74) is 0. The maximum atomic E-state index is 11.4. The molecule has 0 radical (unpaired) electrons. The Morgan fingerprint density at radius 2 is 1.79 bits per heavy atom. The molecule has 0 aliphatic carbocycles. The van der Waals surface area contributed by atoms with Crippen LogP contribution >= 0.6 is 0 Å². The summed E-state index contributed by atoms with van der Waals surface area (Å²) >= 11 is 0. The van der Waals surface area contributed by atoms with Crippen molar-refractivity contribution in [2.75, 3.05) is 13.7 Å². The standard InChI is InChI=1S/C9H13NO4/c1-14-9(13)6-10-7(11)4-2-3-5-8(10)12/h2-6H2,1H3. The number of imide groups is 1. The molecule has 0 N–H and O–H groups in total. The number of likely N-dealkylation sites (tertiary alicyclic amines) is 1. The molecule has 0 aromatic carbocycles. The lowest BCUT2D eigenvalue weighted by molar-refractivity contribution is -0.153. The number of methoxy groups -OCH3 is 1. The second-order valence-corrected chi connectivity index (χ2v) is 3.16. The number of ether oxygens (including phenoxy) is 1. The van der Waals surface area contributed by atoms with Crippen LogP contribution < -0.4 is 0 Å². The first kappa shape index (κ1) is 10.7. The van der Waals surface area contributed by atoms with Crippen LogP contribution in [-0.2, 0) is 19.1 Å². The summed E-state index contributed by atoms with van der Waals surface area (Å²) in [5.74, 6) is -1.12. The SMILES string of the molecule is COC(=O)CN1C(=O)CCCCC1=O. The van der Waals surface area contributed by atoms with Crippen molar-refractivity contribution in [3.63, 3.8) is 0 Å². The molecule has 0 aromatic rings. The van der Waals surface area contributed by atoms with Crippen LogP contribution in [-0.4, -0.2) is 36.3 Å². The summed E-state index contributed by atoms with van der Waals surface area (Å²) in [4.78, 5) is 34.6. The van der Waals surface area contributed by atoms with E-state index in [2.05, 4.69) is 4.74 Å². The van der Waals surface area contributed by atoms with E-state index < -0.39 is 5.97 Å². The minimum absolute atomic E-state index is 0.256. The molecule has 1 fully saturated rings. The zero-order chi connectivity index (χ0) is 10.6. The van der Waals surface area contributed by atoms with Crippen molar-refractivity contribution < 1.29 is 19.1 Å². The van der Waals surface area contributed by atoms with E-state index in [4.69, 9.17) is 0 Å². The molecule has 0 spiro atoms. The molecule has 1 saturated heterocycles. The lowest BCUT2D eigenvalue weighted by Crippen LogP contribution is -2.39. The Labute approximate surface area is 82.0 Å². The molecular weight excluding hydrogens is 186 g/mol. The van der Waals surface area contributed by atoms with E-state index >= 15 is 0 Å². The molecule has 1 heterocycles. The monoisotopic (exact) mass is 199 g/mol. The summed E-state index contributed by atoms with van der Waals surface area (Å²) < 4.78 is 4.41. The van der Waals surface area contributed by atoms with Gasteiger partial charge in [0, 0.05) is 12.8 Å². The molecule has 0 saturated carbocycles. The second-order valence-electron chi connectivity index (χ2n) is 3.16. The van der Waals surface area contributed by atoms with Crippen LogP contribution in [0.3, 0.4) is 0 Å². The number of carbonyl (C=O) groups excluding carboxylic acids is 3. The Bertz CT molecular complexity index is 244. The van der Waals surface area contributed by atoms with Gasteiger partial charge in [-0.1, -0.05) is 0 Å². The van der Waals surface area contributed by atoms with Crippen LogP contribution in [0.25, 0.3) is 0 Å². The summed E-state index contributed by atoms with van der Waals surface area (Å²) in [6, 6.07) is 0. The fourth-order valence-electron chi connectivity index (χ4n) is 1.33. The van der Waals surface area contributed by atoms with E-state index in [1.165, 1.54) is 7.11 Å². The fourth-order valence-corrected chi connectivity index (χ4v) is 1.33. The predicted molar refractivity (Wildman–Crippen MR) is 47.2 cm³/mol. The molecule has 2 amide bonds. The number of amides is 2. The average molecular weight is 199 g/mol. The summed E-state index contributed by atoms with van der Waals surface area (Å²) in [5, 5.41) is 0. The number of carbonyl (C=O) groups is 3. The van der Waals surface area contributed by atoms with Crippen LogP contribution in [0.15, 0.2) is 0 Å². The normalized spacial score (nSPS) is 17.9. The van der Waals surface area contributed by atoms with E-state index in [0.29, 0.717) is 25.7 Å². The first-order valence-electron chi connectivity index (χ1n) is 4.55. The number of esters is 1. The maximum Gasteiger partial charge on any atom is 0.325 e. The molecule has 0 atom stereocenters. The number of rotatable bonds is 2. The zero-order valence-electron chi connectivity index (χ0n) is 8.12. The van der Waals surface area contributed by atoms with Crippen molar-refractivity contribution in [3.05, 3.63) is 0 Å². The van der Waals surface area contributed by atoms with Crippen LogP contribution in [0.1, 0.15) is 25.7 Å². The molecule has 78 valence electrons. The molecule has 1 rings (SSSR count). The Balaban J connectivity index is 2.65. The van der Waals surface area contributed by atoms with E-state index in [1.54, 1.807) is 0 Å². The van der Waals surface area contributed by atoms with Gasteiger partial charge in [-0.3, -0.25) is 19.3 Å². The summed E-state index contributed by atoms with van der Waals surface area (Å²) in [7, 11) is 1.23. The van der Waals surface area contributed by atoms with Crippen molar-refractivity contribution in [3.8, 4) is 0 Å². The van der Waals surface area contributed by atoms with Crippen molar-refractivity contribution in [1.29, 1.82) is 0 Å². The number of hydrogen-bond acceptors (Lipinski definition) is 4. The van der Waals surface area contributed by atoms with Crippen LogP contribution in [0.5, 0.6) is 0 Å². The van der Waals surface area contributed by atoms with E-state index in [-0.39, 0.29) is 18.4 Å². The first-order chi connectivity index (χ1) is 6.65. The van der Waals surface area contributed by atoms with Crippen LogP contribution in [0, 0.1) is 0 Å². The highest BCUT2D eigenvalue weighted by Gasteiger charge is 2.26. The average Bonchev–Trinajstić information content (AvgIpc) is 2.32. The highest BCUT2D eigenvalue weighted by Crippen LogP contribution is 2.12. The molecule has 5 heteroatoms. The number of hydrogen-bond donors (Lipinski definition) is 0. The summed E-state index contributed by atoms with van der Waals surface area (Å²) in [6.07, 6.45) is 2.09. The molecule has 0 unspecified atom stereocenters. The zero-order valence-corrected chi connectivity index (χ0v) is 8.12. The van der Waals surface area contributed by atoms with Gasteiger partial charge in [0.05, 0.1) is 7.11 Å². The lowest BCUT2D eigenvalue weighted by Gasteiger charge is -2.16. The van der Waals surface area contributed by atoms with Gasteiger partial charge in [0.25, 0.3) is 0 Å². The van der Waals surface area contributed by atoms with E-state index in [1.807, 2.05) is 0 Å². The van der Waals surface area contributed by atoms with Crippen LogP contribution in [0.4, 0.5) is 0 Å². The van der Waals surface area contributed by atoms with E-state index in [9.17, 15) is 14.4 Å². The Morgan fingerprint density at radius 3 is 2.21 bits per heavy atom. The third kappa shape index (κ3) is 2.55. The largest absolute Gasteiger partial charge is 0.468 e. The minimum atomic E-state index is -0.561. The summed E-state index contributed by atoms with van der Waals surface area (Å²) in [6.45, 7) is -0.256. The van der Waals surface area contributed by atoms with Gasteiger partial charge in [-0.25, -0.2) is 0 Å². The predicted octanol–water partition coefficient (Wildman–Crippen LogP) is 0.0886. The highest BCUT2D eigenvalue weighted by molar-refractivity contribution is 5.98. The Morgan fingerprint density at radius 1 is 1.29 bits per heavy atom. The van der Waals surface area contributed by atoms with Gasteiger partial charge in [0.2, 0.25) is 11.8 Å². The minimum Gasteiger partial charge on any atom is -0.468 e. The Hall–Kier alpha value is -1.39. The topological polar surface area (TPSA) is 63.7 Å². The first-order valence-corrected chi connectivity index (χ1v) is 4.55. The van der Waals surface area contributed by atoms with Gasteiger partial charge >= 0.3 is 5.97 Å². The molecular formula is C9H13NO4. The van der Waals surface area contributed by atoms with Gasteiger partial charge < -0.3 is 4.74 Å². The van der Waals surface area contributed by atoms with Gasteiger partial charge in [0.15, 0.2) is 0 Å². The highest BCUT2D eigenvalue weighted by atomic mass is 16.5. The molecule has 0 aromatic heterocycles. The smallest absolute Gasteiger partial charge is 0.325 e. The fraction of sp³-hybridized carbons (Fsp3) is 0.667. The Kier molecular flexibility index (Phi) is 3.62. The second kappa shape index (κ2) is 4.74. The van der Waals surface area contributed by atoms with Crippen molar-refractivity contribution in [1.82, 2.24) is 4.90 Å².